The van der Waals surface area contributed by atoms with Gasteiger partial charge in [0, 0.05) is 37.7 Å². The average Bonchev–Trinajstić information content (AvgIpc) is 3.24. The summed E-state index contributed by atoms with van der Waals surface area (Å²) in [7, 11) is -1.97. The van der Waals surface area contributed by atoms with Gasteiger partial charge in [-0.05, 0) is 48.7 Å². The van der Waals surface area contributed by atoms with Crippen LogP contribution >= 0.6 is 0 Å². The molecule has 1 aliphatic heterocycles. The lowest BCUT2D eigenvalue weighted by Gasteiger charge is -2.21. The fourth-order valence-corrected chi connectivity index (χ4v) is 5.45. The minimum atomic E-state index is -3.61. The van der Waals surface area contributed by atoms with Gasteiger partial charge < -0.3 is 9.64 Å². The number of sulfonamides is 1. The molecule has 6 nitrogen and oxygen atoms in total. The molecule has 2 aromatic rings. The maximum atomic E-state index is 13.2. The summed E-state index contributed by atoms with van der Waals surface area (Å²) in [5, 5.41) is 0. The van der Waals surface area contributed by atoms with E-state index < -0.39 is 10.0 Å². The van der Waals surface area contributed by atoms with Crippen molar-refractivity contribution in [2.24, 2.45) is 0 Å². The van der Waals surface area contributed by atoms with E-state index in [0.29, 0.717) is 31.7 Å². The smallest absolute Gasteiger partial charge is 0.254 e. The van der Waals surface area contributed by atoms with Gasteiger partial charge in [-0.2, -0.15) is 4.31 Å². The highest BCUT2D eigenvalue weighted by molar-refractivity contribution is 7.89. The standard InChI is InChI=1S/C23H30N2O4S/c1-5-25(6-2)30(27,28)21-12-7-17(3)22(15-21)23(26)24-14-13-19(16-24)18-8-10-20(29-4)11-9-18/h7-12,15,19H,5-6,13-14,16H2,1-4H3. The average molecular weight is 431 g/mol. The maximum Gasteiger partial charge on any atom is 0.254 e. The van der Waals surface area contributed by atoms with E-state index in [1.165, 1.54) is 15.9 Å². The van der Waals surface area contributed by atoms with E-state index >= 15 is 0 Å². The number of hydrogen-bond donors (Lipinski definition) is 0. The molecule has 1 unspecified atom stereocenters. The predicted octanol–water partition coefficient (Wildman–Crippen LogP) is 3.66. The molecule has 0 N–H and O–H groups in total. The third-order valence-electron chi connectivity index (χ3n) is 5.85. The summed E-state index contributed by atoms with van der Waals surface area (Å²) < 4.78 is 32.4. The zero-order valence-electron chi connectivity index (χ0n) is 18.1. The van der Waals surface area contributed by atoms with Crippen molar-refractivity contribution in [3.8, 4) is 5.75 Å². The third-order valence-corrected chi connectivity index (χ3v) is 7.89. The Balaban J connectivity index is 1.81. The number of carbonyl (C=O) groups excluding carboxylic acids is 1. The van der Waals surface area contributed by atoms with Crippen LogP contribution in [0.2, 0.25) is 0 Å². The van der Waals surface area contributed by atoms with Crippen LogP contribution in [0.5, 0.6) is 5.75 Å². The highest BCUT2D eigenvalue weighted by atomic mass is 32.2. The summed E-state index contributed by atoms with van der Waals surface area (Å²) in [6, 6.07) is 12.8. The van der Waals surface area contributed by atoms with Crippen LogP contribution in [0.25, 0.3) is 0 Å². The van der Waals surface area contributed by atoms with Gasteiger partial charge in [0.25, 0.3) is 5.91 Å². The quantitative estimate of drug-likeness (QED) is 0.672. The van der Waals surface area contributed by atoms with Crippen LogP contribution in [0.15, 0.2) is 47.4 Å². The second kappa shape index (κ2) is 9.18. The monoisotopic (exact) mass is 430 g/mol. The molecule has 0 bridgehead atoms. The molecule has 2 aromatic carbocycles. The van der Waals surface area contributed by atoms with Crippen LogP contribution in [-0.4, -0.2) is 56.8 Å². The number of amides is 1. The molecule has 1 atom stereocenters. The number of hydrogen-bond acceptors (Lipinski definition) is 4. The van der Waals surface area contributed by atoms with Gasteiger partial charge in [-0.1, -0.05) is 32.0 Å². The Morgan fingerprint density at radius 3 is 2.40 bits per heavy atom. The van der Waals surface area contributed by atoms with Crippen molar-refractivity contribution in [2.45, 2.75) is 38.0 Å². The molecular weight excluding hydrogens is 400 g/mol. The molecule has 0 spiro atoms. The largest absolute Gasteiger partial charge is 0.497 e. The van der Waals surface area contributed by atoms with Crippen LogP contribution in [0.3, 0.4) is 0 Å². The first kappa shape index (κ1) is 22.3. The van der Waals surface area contributed by atoms with Crippen molar-refractivity contribution >= 4 is 15.9 Å². The number of rotatable bonds is 7. The Kier molecular flexibility index (Phi) is 6.83. The van der Waals surface area contributed by atoms with E-state index in [1.807, 2.05) is 49.9 Å². The van der Waals surface area contributed by atoms with Gasteiger partial charge in [0.1, 0.15) is 5.75 Å². The number of aryl methyl sites for hydroxylation is 1. The lowest BCUT2D eigenvalue weighted by Crippen LogP contribution is -2.32. The second-order valence-corrected chi connectivity index (χ2v) is 9.51. The summed E-state index contributed by atoms with van der Waals surface area (Å²) in [6.07, 6.45) is 0.883. The molecule has 1 aliphatic rings. The van der Waals surface area contributed by atoms with Crippen molar-refractivity contribution < 1.29 is 17.9 Å². The van der Waals surface area contributed by atoms with E-state index in [-0.39, 0.29) is 16.7 Å². The predicted molar refractivity (Wildman–Crippen MR) is 118 cm³/mol. The van der Waals surface area contributed by atoms with Gasteiger partial charge in [0.05, 0.1) is 12.0 Å². The molecule has 0 radical (unpaired) electrons. The van der Waals surface area contributed by atoms with Gasteiger partial charge >= 0.3 is 0 Å². The minimum absolute atomic E-state index is 0.111. The van der Waals surface area contributed by atoms with E-state index in [4.69, 9.17) is 4.74 Å². The van der Waals surface area contributed by atoms with E-state index in [2.05, 4.69) is 0 Å². The van der Waals surface area contributed by atoms with Crippen LogP contribution < -0.4 is 4.74 Å². The molecule has 0 aromatic heterocycles. The third kappa shape index (κ3) is 4.37. The van der Waals surface area contributed by atoms with Crippen molar-refractivity contribution in [2.75, 3.05) is 33.3 Å². The Labute approximate surface area is 179 Å². The summed E-state index contributed by atoms with van der Waals surface area (Å²) in [4.78, 5) is 15.2. The maximum absolute atomic E-state index is 13.2. The highest BCUT2D eigenvalue weighted by Crippen LogP contribution is 2.30. The minimum Gasteiger partial charge on any atom is -0.497 e. The zero-order chi connectivity index (χ0) is 21.9. The first-order valence-electron chi connectivity index (χ1n) is 10.4. The Morgan fingerprint density at radius 2 is 1.80 bits per heavy atom. The van der Waals surface area contributed by atoms with Crippen molar-refractivity contribution in [1.29, 1.82) is 0 Å². The molecule has 30 heavy (non-hydrogen) atoms. The summed E-state index contributed by atoms with van der Waals surface area (Å²) in [5.74, 6) is 0.967. The Morgan fingerprint density at radius 1 is 1.13 bits per heavy atom. The lowest BCUT2D eigenvalue weighted by molar-refractivity contribution is 0.0790. The van der Waals surface area contributed by atoms with Crippen molar-refractivity contribution in [1.82, 2.24) is 9.21 Å². The van der Waals surface area contributed by atoms with Crippen molar-refractivity contribution in [3.05, 3.63) is 59.2 Å². The van der Waals surface area contributed by atoms with Gasteiger partial charge in [-0.25, -0.2) is 8.42 Å². The van der Waals surface area contributed by atoms with Crippen LogP contribution in [-0.2, 0) is 10.0 Å². The number of nitrogens with zero attached hydrogens (tertiary/aromatic N) is 2. The molecule has 3 rings (SSSR count). The van der Waals surface area contributed by atoms with Crippen LogP contribution in [0.4, 0.5) is 0 Å². The molecule has 1 amide bonds. The molecule has 0 aliphatic carbocycles. The molecular formula is C23H30N2O4S. The normalized spacial score (nSPS) is 16.8. The highest BCUT2D eigenvalue weighted by Gasteiger charge is 2.30. The Hall–Kier alpha value is -2.38. The SMILES string of the molecule is CCN(CC)S(=O)(=O)c1ccc(C)c(C(=O)N2CCC(c3ccc(OC)cc3)C2)c1. The topological polar surface area (TPSA) is 66.9 Å². The lowest BCUT2D eigenvalue weighted by atomic mass is 9.98. The van der Waals surface area contributed by atoms with Crippen LogP contribution in [0.1, 0.15) is 47.7 Å². The summed E-state index contributed by atoms with van der Waals surface area (Å²) in [6.45, 7) is 7.53. The van der Waals surface area contributed by atoms with E-state index in [9.17, 15) is 13.2 Å². The first-order valence-corrected chi connectivity index (χ1v) is 11.8. The molecule has 7 heteroatoms. The number of ether oxygens (including phenoxy) is 1. The van der Waals surface area contributed by atoms with Gasteiger partial charge in [-0.15, -0.1) is 0 Å². The first-order chi connectivity index (χ1) is 14.3. The number of benzene rings is 2. The van der Waals surface area contributed by atoms with Gasteiger partial charge in [0.15, 0.2) is 0 Å². The number of likely N-dealkylation sites (tertiary alicyclic amines) is 1. The fourth-order valence-electron chi connectivity index (χ4n) is 3.97. The van der Waals surface area contributed by atoms with Gasteiger partial charge in [0.2, 0.25) is 10.0 Å². The molecule has 1 saturated heterocycles. The number of methoxy groups -OCH3 is 1. The molecule has 1 heterocycles. The van der Waals surface area contributed by atoms with E-state index in [1.54, 1.807) is 19.2 Å². The van der Waals surface area contributed by atoms with Gasteiger partial charge in [-0.3, -0.25) is 4.79 Å². The van der Waals surface area contributed by atoms with Crippen molar-refractivity contribution in [3.63, 3.8) is 0 Å². The van der Waals surface area contributed by atoms with E-state index in [0.717, 1.165) is 17.7 Å². The molecule has 162 valence electrons. The summed E-state index contributed by atoms with van der Waals surface area (Å²) in [5.41, 5.74) is 2.42. The number of carbonyl (C=O) groups is 1. The molecule has 0 saturated carbocycles. The summed E-state index contributed by atoms with van der Waals surface area (Å²) >= 11 is 0. The Bertz CT molecular complexity index is 998. The zero-order valence-corrected chi connectivity index (χ0v) is 18.9. The second-order valence-electron chi connectivity index (χ2n) is 7.58. The molecule has 1 fully saturated rings. The fraction of sp³-hybridized carbons (Fsp3) is 0.435. The van der Waals surface area contributed by atoms with Crippen LogP contribution in [0, 0.1) is 6.92 Å².